The molecule has 0 unspecified atom stereocenters. The maximum Gasteiger partial charge on any atom is 0.238 e. The Morgan fingerprint density at radius 3 is 2.10 bits per heavy atom. The van der Waals surface area contributed by atoms with Crippen LogP contribution in [0.5, 0.6) is 0 Å². The number of aryl methyl sites for hydroxylation is 2. The van der Waals surface area contributed by atoms with Crippen LogP contribution in [0.4, 0.5) is 5.69 Å². The quantitative estimate of drug-likeness (QED) is 0.717. The van der Waals surface area contributed by atoms with Crippen molar-refractivity contribution in [2.75, 3.05) is 38.0 Å². The third kappa shape index (κ3) is 5.76. The normalized spacial score (nSPS) is 14.4. The van der Waals surface area contributed by atoms with E-state index in [2.05, 4.69) is 10.2 Å². The van der Waals surface area contributed by atoms with Gasteiger partial charge in [-0.2, -0.15) is 0 Å². The van der Waals surface area contributed by atoms with Gasteiger partial charge in [0.2, 0.25) is 11.8 Å². The van der Waals surface area contributed by atoms with Crippen molar-refractivity contribution >= 4 is 23.3 Å². The first-order chi connectivity index (χ1) is 14.4. The van der Waals surface area contributed by atoms with Crippen molar-refractivity contribution in [3.8, 4) is 0 Å². The number of amides is 2. The summed E-state index contributed by atoms with van der Waals surface area (Å²) in [6.45, 7) is 6.73. The molecule has 0 bridgehead atoms. The molecule has 0 atom stereocenters. The van der Waals surface area contributed by atoms with Crippen LogP contribution in [0, 0.1) is 13.8 Å². The Balaban J connectivity index is 1.41. The summed E-state index contributed by atoms with van der Waals surface area (Å²) in [6, 6.07) is 15.0. The van der Waals surface area contributed by atoms with Gasteiger partial charge in [-0.1, -0.05) is 48.5 Å². The predicted octanol–water partition coefficient (Wildman–Crippen LogP) is 3.05. The van der Waals surface area contributed by atoms with Gasteiger partial charge in [0.15, 0.2) is 5.78 Å². The molecule has 1 aliphatic rings. The standard InChI is InChI=1S/C24H29N3O3/c1-18-7-6-8-19(2)24(18)25-22(29)17-26-13-15-27(16-14-26)23(30)12-11-21(28)20-9-4-3-5-10-20/h3-10H,11-17H2,1-2H3,(H,25,29). The van der Waals surface area contributed by atoms with E-state index in [-0.39, 0.29) is 30.4 Å². The average Bonchev–Trinajstić information content (AvgIpc) is 2.75. The van der Waals surface area contributed by atoms with Crippen LogP contribution in [0.15, 0.2) is 48.5 Å². The molecular weight excluding hydrogens is 378 g/mol. The lowest BCUT2D eigenvalue weighted by Crippen LogP contribution is -2.50. The van der Waals surface area contributed by atoms with Gasteiger partial charge in [-0.25, -0.2) is 0 Å². The number of hydrogen-bond acceptors (Lipinski definition) is 4. The molecule has 6 nitrogen and oxygen atoms in total. The van der Waals surface area contributed by atoms with Crippen LogP contribution in [-0.4, -0.2) is 60.1 Å². The Morgan fingerprint density at radius 1 is 0.833 bits per heavy atom. The topological polar surface area (TPSA) is 69.7 Å². The number of nitrogens with zero attached hydrogens (tertiary/aromatic N) is 2. The molecule has 0 aliphatic carbocycles. The zero-order chi connectivity index (χ0) is 21.5. The van der Waals surface area contributed by atoms with Crippen molar-refractivity contribution in [1.29, 1.82) is 0 Å². The molecule has 2 aromatic rings. The molecule has 0 spiro atoms. The van der Waals surface area contributed by atoms with E-state index < -0.39 is 0 Å². The maximum atomic E-state index is 12.5. The van der Waals surface area contributed by atoms with Crippen LogP contribution in [0.3, 0.4) is 0 Å². The monoisotopic (exact) mass is 407 g/mol. The highest BCUT2D eigenvalue weighted by atomic mass is 16.2. The Kier molecular flexibility index (Phi) is 7.36. The Bertz CT molecular complexity index is 883. The first kappa shape index (κ1) is 21.7. The number of para-hydroxylation sites is 1. The van der Waals surface area contributed by atoms with Gasteiger partial charge in [-0.15, -0.1) is 0 Å². The minimum absolute atomic E-state index is 0.00100. The first-order valence-electron chi connectivity index (χ1n) is 10.4. The van der Waals surface area contributed by atoms with E-state index in [9.17, 15) is 14.4 Å². The van der Waals surface area contributed by atoms with Crippen LogP contribution in [-0.2, 0) is 9.59 Å². The number of ketones is 1. The number of Topliss-reactive ketones (excluding diaryl/α,β-unsaturated/α-hetero) is 1. The predicted molar refractivity (Wildman–Crippen MR) is 118 cm³/mol. The van der Waals surface area contributed by atoms with E-state index >= 15 is 0 Å². The van der Waals surface area contributed by atoms with Gasteiger partial charge in [0.1, 0.15) is 0 Å². The minimum Gasteiger partial charge on any atom is -0.340 e. The Hall–Kier alpha value is -2.99. The zero-order valence-corrected chi connectivity index (χ0v) is 17.7. The highest BCUT2D eigenvalue weighted by Crippen LogP contribution is 2.19. The zero-order valence-electron chi connectivity index (χ0n) is 17.7. The molecule has 2 amide bonds. The molecule has 1 fully saturated rings. The van der Waals surface area contributed by atoms with E-state index in [1.165, 1.54) is 0 Å². The molecule has 0 radical (unpaired) electrons. The molecule has 3 rings (SSSR count). The molecule has 158 valence electrons. The molecule has 30 heavy (non-hydrogen) atoms. The van der Waals surface area contributed by atoms with E-state index in [1.807, 2.05) is 50.2 Å². The van der Waals surface area contributed by atoms with Crippen molar-refractivity contribution in [2.24, 2.45) is 0 Å². The SMILES string of the molecule is Cc1cccc(C)c1NC(=O)CN1CCN(C(=O)CCC(=O)c2ccccc2)CC1. The maximum absolute atomic E-state index is 12.5. The van der Waals surface area contributed by atoms with E-state index in [4.69, 9.17) is 0 Å². The lowest BCUT2D eigenvalue weighted by atomic mass is 10.1. The highest BCUT2D eigenvalue weighted by Gasteiger charge is 2.23. The second-order valence-corrected chi connectivity index (χ2v) is 7.76. The number of rotatable bonds is 7. The molecule has 0 saturated carbocycles. The average molecular weight is 408 g/mol. The van der Waals surface area contributed by atoms with Crippen LogP contribution in [0.25, 0.3) is 0 Å². The lowest BCUT2D eigenvalue weighted by Gasteiger charge is -2.34. The molecular formula is C24H29N3O3. The Labute approximate surface area is 177 Å². The van der Waals surface area contributed by atoms with E-state index in [0.717, 1.165) is 16.8 Å². The van der Waals surface area contributed by atoms with E-state index in [0.29, 0.717) is 38.3 Å². The van der Waals surface area contributed by atoms with Crippen molar-refractivity contribution in [3.05, 3.63) is 65.2 Å². The molecule has 2 aromatic carbocycles. The fraction of sp³-hybridized carbons (Fsp3) is 0.375. The molecule has 1 aliphatic heterocycles. The second kappa shape index (κ2) is 10.2. The molecule has 1 saturated heterocycles. The summed E-state index contributed by atoms with van der Waals surface area (Å²) >= 11 is 0. The van der Waals surface area contributed by atoms with Gasteiger partial charge >= 0.3 is 0 Å². The number of benzene rings is 2. The summed E-state index contributed by atoms with van der Waals surface area (Å²) in [5.41, 5.74) is 3.61. The van der Waals surface area contributed by atoms with Gasteiger partial charge in [0.25, 0.3) is 0 Å². The highest BCUT2D eigenvalue weighted by molar-refractivity contribution is 5.98. The second-order valence-electron chi connectivity index (χ2n) is 7.76. The summed E-state index contributed by atoms with van der Waals surface area (Å²) in [5.74, 6) is -0.0506. The fourth-order valence-electron chi connectivity index (χ4n) is 3.70. The number of carbonyl (C=O) groups is 3. The third-order valence-corrected chi connectivity index (χ3v) is 5.50. The van der Waals surface area contributed by atoms with Gasteiger partial charge in [0.05, 0.1) is 6.54 Å². The van der Waals surface area contributed by atoms with Crippen molar-refractivity contribution < 1.29 is 14.4 Å². The van der Waals surface area contributed by atoms with Crippen LogP contribution < -0.4 is 5.32 Å². The summed E-state index contributed by atoms with van der Waals surface area (Å²) in [4.78, 5) is 40.9. The molecule has 1 N–H and O–H groups in total. The van der Waals surface area contributed by atoms with Crippen molar-refractivity contribution in [2.45, 2.75) is 26.7 Å². The number of piperazine rings is 1. The fourth-order valence-corrected chi connectivity index (χ4v) is 3.70. The van der Waals surface area contributed by atoms with Crippen LogP contribution in [0.2, 0.25) is 0 Å². The molecule has 6 heteroatoms. The largest absolute Gasteiger partial charge is 0.340 e. The third-order valence-electron chi connectivity index (χ3n) is 5.50. The summed E-state index contributed by atoms with van der Waals surface area (Å²) in [5, 5.41) is 3.01. The van der Waals surface area contributed by atoms with Gasteiger partial charge in [0, 0.05) is 50.3 Å². The van der Waals surface area contributed by atoms with E-state index in [1.54, 1.807) is 17.0 Å². The number of nitrogens with one attached hydrogen (secondary N) is 1. The van der Waals surface area contributed by atoms with Gasteiger partial charge < -0.3 is 10.2 Å². The van der Waals surface area contributed by atoms with Crippen LogP contribution >= 0.6 is 0 Å². The van der Waals surface area contributed by atoms with Gasteiger partial charge in [-0.05, 0) is 25.0 Å². The molecule has 1 heterocycles. The number of carbonyl (C=O) groups excluding carboxylic acids is 3. The smallest absolute Gasteiger partial charge is 0.238 e. The van der Waals surface area contributed by atoms with Gasteiger partial charge in [-0.3, -0.25) is 19.3 Å². The summed E-state index contributed by atoms with van der Waals surface area (Å²) < 4.78 is 0. The van der Waals surface area contributed by atoms with Crippen LogP contribution in [0.1, 0.15) is 34.3 Å². The first-order valence-corrected chi connectivity index (χ1v) is 10.4. The summed E-state index contributed by atoms with van der Waals surface area (Å²) in [6.07, 6.45) is 0.446. The van der Waals surface area contributed by atoms with Crippen molar-refractivity contribution in [3.63, 3.8) is 0 Å². The minimum atomic E-state index is -0.0411. The Morgan fingerprint density at radius 2 is 1.47 bits per heavy atom. The number of anilines is 1. The van der Waals surface area contributed by atoms with Crippen molar-refractivity contribution in [1.82, 2.24) is 9.80 Å². The lowest BCUT2D eigenvalue weighted by molar-refractivity contribution is -0.133. The number of hydrogen-bond donors (Lipinski definition) is 1. The molecule has 0 aromatic heterocycles. The summed E-state index contributed by atoms with van der Waals surface area (Å²) in [7, 11) is 0.